The Balaban J connectivity index is 1.72. The summed E-state index contributed by atoms with van der Waals surface area (Å²) < 4.78 is 0. The molecule has 1 N–H and O–H groups in total. The second-order valence-corrected chi connectivity index (χ2v) is 6.27. The highest BCUT2D eigenvalue weighted by Gasteiger charge is 2.38. The van der Waals surface area contributed by atoms with Gasteiger partial charge in [-0.05, 0) is 62.1 Å². The Hall–Kier alpha value is -0.950. The van der Waals surface area contributed by atoms with Gasteiger partial charge in [-0.25, -0.2) is 0 Å². The van der Waals surface area contributed by atoms with Gasteiger partial charge in [-0.15, -0.1) is 0 Å². The van der Waals surface area contributed by atoms with E-state index < -0.39 is 0 Å². The number of halogens is 1. The van der Waals surface area contributed by atoms with E-state index in [1.807, 2.05) is 6.07 Å². The van der Waals surface area contributed by atoms with Crippen molar-refractivity contribution in [1.82, 2.24) is 0 Å². The minimum absolute atomic E-state index is 0.490. The van der Waals surface area contributed by atoms with Gasteiger partial charge in [0.05, 0.1) is 10.7 Å². The van der Waals surface area contributed by atoms with Crippen LogP contribution in [0.15, 0.2) is 30.4 Å². The fraction of sp³-hybridized carbons (Fsp3) is 0.500. The highest BCUT2D eigenvalue weighted by molar-refractivity contribution is 6.33. The minimum Gasteiger partial charge on any atom is -0.381 e. The highest BCUT2D eigenvalue weighted by atomic mass is 35.5. The summed E-state index contributed by atoms with van der Waals surface area (Å²) in [6.45, 7) is 4.39. The monoisotopic (exact) mass is 261 g/mol. The van der Waals surface area contributed by atoms with Crippen molar-refractivity contribution in [2.75, 3.05) is 5.32 Å². The molecule has 0 spiro atoms. The molecule has 0 aliphatic heterocycles. The summed E-state index contributed by atoms with van der Waals surface area (Å²) in [5, 5.41) is 4.44. The Bertz CT molecular complexity index is 480. The average Bonchev–Trinajstić information content (AvgIpc) is 2.96. The number of nitrogens with one attached hydrogen (secondary N) is 1. The first-order valence-electron chi connectivity index (χ1n) is 6.84. The number of anilines is 1. The highest BCUT2D eigenvalue weighted by Crippen LogP contribution is 2.45. The van der Waals surface area contributed by atoms with E-state index in [0.29, 0.717) is 6.04 Å². The van der Waals surface area contributed by atoms with Crippen LogP contribution in [0.4, 0.5) is 5.69 Å². The summed E-state index contributed by atoms with van der Waals surface area (Å²) in [7, 11) is 0. The summed E-state index contributed by atoms with van der Waals surface area (Å²) in [6.07, 6.45) is 7.50. The summed E-state index contributed by atoms with van der Waals surface area (Å²) >= 11 is 6.25. The first-order chi connectivity index (χ1) is 8.63. The zero-order valence-electron chi connectivity index (χ0n) is 11.0. The number of hydrogen-bond acceptors (Lipinski definition) is 1. The zero-order valence-corrected chi connectivity index (χ0v) is 11.7. The molecule has 1 aromatic carbocycles. The number of rotatable bonds is 3. The molecule has 3 rings (SSSR count). The van der Waals surface area contributed by atoms with Crippen LogP contribution < -0.4 is 5.32 Å². The molecule has 0 amide bonds. The Labute approximate surface area is 114 Å². The number of aryl methyl sites for hydroxylation is 1. The number of benzene rings is 1. The summed E-state index contributed by atoms with van der Waals surface area (Å²) in [6, 6.07) is 6.66. The van der Waals surface area contributed by atoms with Gasteiger partial charge in [0.2, 0.25) is 0 Å². The van der Waals surface area contributed by atoms with Gasteiger partial charge >= 0.3 is 0 Å². The van der Waals surface area contributed by atoms with Crippen molar-refractivity contribution in [1.29, 1.82) is 0 Å². The first kappa shape index (κ1) is 12.1. The zero-order chi connectivity index (χ0) is 12.7. The minimum atomic E-state index is 0.490. The Morgan fingerprint density at radius 1 is 1.28 bits per heavy atom. The van der Waals surface area contributed by atoms with Crippen LogP contribution in [0.2, 0.25) is 5.02 Å². The molecule has 2 aliphatic carbocycles. The van der Waals surface area contributed by atoms with Crippen molar-refractivity contribution in [3.63, 3.8) is 0 Å². The molecule has 4 unspecified atom stereocenters. The van der Waals surface area contributed by atoms with E-state index >= 15 is 0 Å². The third-order valence-electron chi connectivity index (χ3n) is 4.48. The molecule has 0 saturated heterocycles. The maximum atomic E-state index is 6.25. The standard InChI is InChI=1S/C16H20ClN/c1-10-3-6-15(17)16(7-10)18-11(2)14-9-12-4-5-13(14)8-12/h3-7,11-14,18H,8-9H2,1-2H3. The van der Waals surface area contributed by atoms with E-state index in [1.165, 1.54) is 18.4 Å². The van der Waals surface area contributed by atoms with E-state index in [4.69, 9.17) is 11.6 Å². The lowest BCUT2D eigenvalue weighted by molar-refractivity contribution is 0.400. The van der Waals surface area contributed by atoms with Gasteiger partial charge in [0.1, 0.15) is 0 Å². The second kappa shape index (κ2) is 4.62. The molecule has 0 radical (unpaired) electrons. The molecule has 1 nitrogen and oxygen atoms in total. The topological polar surface area (TPSA) is 12.0 Å². The lowest BCUT2D eigenvalue weighted by atomic mass is 9.87. The summed E-state index contributed by atoms with van der Waals surface area (Å²) in [5.74, 6) is 2.37. The number of allylic oxidation sites excluding steroid dienone is 2. The van der Waals surface area contributed by atoms with Crippen LogP contribution in [0, 0.1) is 24.7 Å². The Morgan fingerprint density at radius 3 is 2.78 bits per heavy atom. The van der Waals surface area contributed by atoms with E-state index in [1.54, 1.807) is 0 Å². The molecule has 4 atom stereocenters. The van der Waals surface area contributed by atoms with Gasteiger partial charge in [-0.2, -0.15) is 0 Å². The molecule has 96 valence electrons. The first-order valence-corrected chi connectivity index (χ1v) is 7.22. The number of fused-ring (bicyclic) bond motifs is 2. The van der Waals surface area contributed by atoms with Crippen LogP contribution in [0.1, 0.15) is 25.3 Å². The predicted octanol–water partition coefficient (Wildman–Crippen LogP) is 4.66. The molecule has 18 heavy (non-hydrogen) atoms. The second-order valence-electron chi connectivity index (χ2n) is 5.86. The van der Waals surface area contributed by atoms with Crippen molar-refractivity contribution < 1.29 is 0 Å². The summed E-state index contributed by atoms with van der Waals surface area (Å²) in [4.78, 5) is 0. The fourth-order valence-electron chi connectivity index (χ4n) is 3.50. The van der Waals surface area contributed by atoms with Crippen LogP contribution in [0.3, 0.4) is 0 Å². The summed E-state index contributed by atoms with van der Waals surface area (Å²) in [5.41, 5.74) is 2.33. The third-order valence-corrected chi connectivity index (χ3v) is 4.81. The van der Waals surface area contributed by atoms with Crippen LogP contribution in [-0.4, -0.2) is 6.04 Å². The van der Waals surface area contributed by atoms with Crippen molar-refractivity contribution >= 4 is 17.3 Å². The quantitative estimate of drug-likeness (QED) is 0.781. The molecule has 2 bridgehead atoms. The van der Waals surface area contributed by atoms with E-state index in [0.717, 1.165) is 28.5 Å². The van der Waals surface area contributed by atoms with Gasteiger partial charge < -0.3 is 5.32 Å². The van der Waals surface area contributed by atoms with Crippen molar-refractivity contribution in [2.24, 2.45) is 17.8 Å². The molecular weight excluding hydrogens is 242 g/mol. The lowest BCUT2D eigenvalue weighted by Crippen LogP contribution is -2.28. The Morgan fingerprint density at radius 2 is 2.11 bits per heavy atom. The largest absolute Gasteiger partial charge is 0.381 e. The predicted molar refractivity (Wildman–Crippen MR) is 78.1 cm³/mol. The molecule has 1 fully saturated rings. The van der Waals surface area contributed by atoms with E-state index in [9.17, 15) is 0 Å². The van der Waals surface area contributed by atoms with Crippen LogP contribution >= 0.6 is 11.6 Å². The van der Waals surface area contributed by atoms with Gasteiger partial charge in [0.15, 0.2) is 0 Å². The fourth-order valence-corrected chi connectivity index (χ4v) is 3.67. The Kier molecular flexibility index (Phi) is 3.11. The van der Waals surface area contributed by atoms with Crippen molar-refractivity contribution in [2.45, 2.75) is 32.7 Å². The maximum Gasteiger partial charge on any atom is 0.0637 e. The van der Waals surface area contributed by atoms with Gasteiger partial charge in [-0.3, -0.25) is 0 Å². The van der Waals surface area contributed by atoms with Crippen LogP contribution in [-0.2, 0) is 0 Å². The van der Waals surface area contributed by atoms with Crippen LogP contribution in [0.5, 0.6) is 0 Å². The van der Waals surface area contributed by atoms with Gasteiger partial charge in [-0.1, -0.05) is 29.8 Å². The maximum absolute atomic E-state index is 6.25. The van der Waals surface area contributed by atoms with Gasteiger partial charge in [0, 0.05) is 6.04 Å². The molecule has 0 heterocycles. The van der Waals surface area contributed by atoms with E-state index in [-0.39, 0.29) is 0 Å². The molecule has 1 aromatic rings. The number of hydrogen-bond donors (Lipinski definition) is 1. The molecular formula is C16H20ClN. The molecule has 2 heteroatoms. The third kappa shape index (κ3) is 2.16. The van der Waals surface area contributed by atoms with Gasteiger partial charge in [0.25, 0.3) is 0 Å². The van der Waals surface area contributed by atoms with Crippen molar-refractivity contribution in [3.8, 4) is 0 Å². The van der Waals surface area contributed by atoms with E-state index in [2.05, 4.69) is 43.4 Å². The van der Waals surface area contributed by atoms with Crippen molar-refractivity contribution in [3.05, 3.63) is 40.9 Å². The molecule has 0 aromatic heterocycles. The normalized spacial score (nSPS) is 30.7. The molecule has 1 saturated carbocycles. The lowest BCUT2D eigenvalue weighted by Gasteiger charge is -2.27. The smallest absolute Gasteiger partial charge is 0.0637 e. The molecule has 2 aliphatic rings. The average molecular weight is 262 g/mol. The van der Waals surface area contributed by atoms with Crippen LogP contribution in [0.25, 0.3) is 0 Å². The SMILES string of the molecule is Cc1ccc(Cl)c(NC(C)C2CC3C=CC2C3)c1.